The van der Waals surface area contributed by atoms with Crippen molar-refractivity contribution < 1.29 is 19.1 Å². The number of hydrogen-bond acceptors (Lipinski definition) is 6. The van der Waals surface area contributed by atoms with Gasteiger partial charge in [-0.3, -0.25) is 4.79 Å². The first-order valence-corrected chi connectivity index (χ1v) is 13.2. The van der Waals surface area contributed by atoms with Gasteiger partial charge in [-0.1, -0.05) is 6.07 Å². The van der Waals surface area contributed by atoms with Crippen LogP contribution in [0.15, 0.2) is 54.6 Å². The van der Waals surface area contributed by atoms with Gasteiger partial charge in [0.1, 0.15) is 6.54 Å². The predicted molar refractivity (Wildman–Crippen MR) is 150 cm³/mol. The van der Waals surface area contributed by atoms with E-state index >= 15 is 0 Å². The highest BCUT2D eigenvalue weighted by Gasteiger charge is 2.24. The topological polar surface area (TPSA) is 94.9 Å². The normalized spacial score (nSPS) is 10.6. The van der Waals surface area contributed by atoms with Crippen LogP contribution in [0.25, 0.3) is 0 Å². The molecule has 0 radical (unpaired) electrons. The van der Waals surface area contributed by atoms with Crippen LogP contribution in [0.2, 0.25) is 0 Å². The summed E-state index contributed by atoms with van der Waals surface area (Å²) in [5.74, 6) is 1.15. The maximum Gasteiger partial charge on any atom is 0.322 e. The number of hydrogen-bond donors (Lipinski definition) is 1. The third-order valence-corrected chi connectivity index (χ3v) is 7.05. The van der Waals surface area contributed by atoms with Crippen LogP contribution in [0, 0.1) is 18.3 Å². The summed E-state index contributed by atoms with van der Waals surface area (Å²) in [6.07, 6.45) is 0.621. The summed E-state index contributed by atoms with van der Waals surface area (Å²) in [4.78, 5) is 32.3. The van der Waals surface area contributed by atoms with Crippen molar-refractivity contribution in [1.82, 2.24) is 9.80 Å². The average molecular weight is 535 g/mol. The molecule has 1 heterocycles. The van der Waals surface area contributed by atoms with Crippen LogP contribution in [-0.4, -0.2) is 55.1 Å². The SMILES string of the molecule is COc1ccc(CCN(Cc2ccc(C)s2)C(=O)CN(C(=O)Nc2ccc(C#N)cc2)C(C)C)cc1OC. The zero-order chi connectivity index (χ0) is 27.7. The number of methoxy groups -OCH3 is 2. The molecule has 0 fully saturated rings. The molecule has 2 aromatic carbocycles. The van der Waals surface area contributed by atoms with E-state index in [1.54, 1.807) is 54.7 Å². The number of aryl methyl sites for hydroxylation is 1. The minimum atomic E-state index is -0.370. The molecule has 0 atom stereocenters. The molecule has 3 amide bonds. The number of thiophene rings is 1. The number of nitriles is 1. The highest BCUT2D eigenvalue weighted by Crippen LogP contribution is 2.28. The Hall–Kier alpha value is -4.03. The number of rotatable bonds is 11. The maximum absolute atomic E-state index is 13.6. The largest absolute Gasteiger partial charge is 0.493 e. The minimum absolute atomic E-state index is 0.0595. The molecule has 1 aromatic heterocycles. The Labute approximate surface area is 228 Å². The van der Waals surface area contributed by atoms with Crippen LogP contribution >= 0.6 is 11.3 Å². The quantitative estimate of drug-likeness (QED) is 0.353. The number of amides is 3. The van der Waals surface area contributed by atoms with Crippen molar-refractivity contribution in [3.8, 4) is 17.6 Å². The number of carbonyl (C=O) groups is 2. The molecule has 0 bridgehead atoms. The Morgan fingerprint density at radius 2 is 1.74 bits per heavy atom. The van der Waals surface area contributed by atoms with Crippen LogP contribution in [0.4, 0.5) is 10.5 Å². The van der Waals surface area contributed by atoms with E-state index in [1.807, 2.05) is 51.1 Å². The molecule has 0 aliphatic carbocycles. The van der Waals surface area contributed by atoms with Crippen LogP contribution in [0.1, 0.15) is 34.7 Å². The van der Waals surface area contributed by atoms with Gasteiger partial charge in [-0.25, -0.2) is 4.79 Å². The molecule has 8 nitrogen and oxygen atoms in total. The van der Waals surface area contributed by atoms with Crippen molar-refractivity contribution in [3.05, 3.63) is 75.5 Å². The Morgan fingerprint density at radius 1 is 1.03 bits per heavy atom. The van der Waals surface area contributed by atoms with Gasteiger partial charge >= 0.3 is 6.03 Å². The molecule has 3 aromatic rings. The summed E-state index contributed by atoms with van der Waals surface area (Å²) in [7, 11) is 3.19. The van der Waals surface area contributed by atoms with E-state index in [4.69, 9.17) is 14.7 Å². The Kier molecular flexibility index (Phi) is 10.1. The summed E-state index contributed by atoms with van der Waals surface area (Å²) in [5, 5.41) is 11.8. The average Bonchev–Trinajstić information content (AvgIpc) is 3.33. The van der Waals surface area contributed by atoms with Gasteiger partial charge in [0.15, 0.2) is 11.5 Å². The Morgan fingerprint density at radius 3 is 2.32 bits per heavy atom. The first-order valence-electron chi connectivity index (χ1n) is 12.4. The molecule has 0 aliphatic heterocycles. The van der Waals surface area contributed by atoms with E-state index in [0.717, 1.165) is 10.4 Å². The zero-order valence-electron chi connectivity index (χ0n) is 22.5. The summed E-state index contributed by atoms with van der Waals surface area (Å²) in [6, 6.07) is 17.9. The van der Waals surface area contributed by atoms with Gasteiger partial charge in [0.2, 0.25) is 5.91 Å². The minimum Gasteiger partial charge on any atom is -0.493 e. The second-order valence-electron chi connectivity index (χ2n) is 9.11. The van der Waals surface area contributed by atoms with Gasteiger partial charge in [-0.15, -0.1) is 11.3 Å². The number of ether oxygens (including phenoxy) is 2. The zero-order valence-corrected chi connectivity index (χ0v) is 23.3. The number of urea groups is 1. The van der Waals surface area contributed by atoms with E-state index in [-0.39, 0.29) is 24.5 Å². The molecule has 0 aliphatic rings. The fraction of sp³-hybridized carbons (Fsp3) is 0.345. The smallest absolute Gasteiger partial charge is 0.322 e. The van der Waals surface area contributed by atoms with E-state index in [9.17, 15) is 9.59 Å². The van der Waals surface area contributed by atoms with Gasteiger partial charge < -0.3 is 24.6 Å². The van der Waals surface area contributed by atoms with Gasteiger partial charge in [0.05, 0.1) is 32.4 Å². The van der Waals surface area contributed by atoms with Crippen LogP contribution in [-0.2, 0) is 17.8 Å². The van der Waals surface area contributed by atoms with E-state index in [0.29, 0.717) is 42.3 Å². The third kappa shape index (κ3) is 7.73. The standard InChI is InChI=1S/C29H34N4O4S/c1-20(2)33(29(35)31-24-10-7-23(17-30)8-11-24)19-28(34)32(18-25-12-6-21(3)38-25)15-14-22-9-13-26(36-4)27(16-22)37-5/h6-13,16,20H,14-15,18-19H2,1-5H3,(H,31,35). The van der Waals surface area contributed by atoms with Crippen molar-refractivity contribution in [2.45, 2.75) is 39.8 Å². The van der Waals surface area contributed by atoms with Gasteiger partial charge in [-0.2, -0.15) is 5.26 Å². The van der Waals surface area contributed by atoms with Crippen molar-refractivity contribution in [1.29, 1.82) is 5.26 Å². The molecular weight excluding hydrogens is 500 g/mol. The van der Waals surface area contributed by atoms with Crippen LogP contribution in [0.3, 0.4) is 0 Å². The van der Waals surface area contributed by atoms with E-state index < -0.39 is 0 Å². The third-order valence-electron chi connectivity index (χ3n) is 6.07. The first kappa shape index (κ1) is 28.5. The molecule has 0 saturated heterocycles. The fourth-order valence-corrected chi connectivity index (χ4v) is 4.81. The van der Waals surface area contributed by atoms with E-state index in [2.05, 4.69) is 11.4 Å². The highest BCUT2D eigenvalue weighted by atomic mass is 32.1. The molecule has 0 saturated carbocycles. The predicted octanol–water partition coefficient (Wildman–Crippen LogP) is 5.46. The first-order chi connectivity index (χ1) is 18.2. The molecule has 0 unspecified atom stereocenters. The second kappa shape index (κ2) is 13.5. The van der Waals surface area contributed by atoms with Crippen LogP contribution < -0.4 is 14.8 Å². The molecule has 0 spiro atoms. The number of carbonyl (C=O) groups excluding carboxylic acids is 2. The Bertz CT molecular complexity index is 1280. The lowest BCUT2D eigenvalue weighted by Crippen LogP contribution is -2.47. The van der Waals surface area contributed by atoms with Crippen molar-refractivity contribution in [3.63, 3.8) is 0 Å². The van der Waals surface area contributed by atoms with Gasteiger partial charge in [-0.05, 0) is 81.3 Å². The summed E-state index contributed by atoms with van der Waals surface area (Å²) in [6.45, 7) is 6.68. The summed E-state index contributed by atoms with van der Waals surface area (Å²) in [5.41, 5.74) is 2.08. The molecular formula is C29H34N4O4S. The number of benzene rings is 2. The number of anilines is 1. The molecule has 1 N–H and O–H groups in total. The lowest BCUT2D eigenvalue weighted by atomic mass is 10.1. The van der Waals surface area contributed by atoms with E-state index in [1.165, 1.54) is 9.78 Å². The lowest BCUT2D eigenvalue weighted by molar-refractivity contribution is -0.132. The van der Waals surface area contributed by atoms with Crippen molar-refractivity contribution in [2.24, 2.45) is 0 Å². The summed E-state index contributed by atoms with van der Waals surface area (Å²) < 4.78 is 10.8. The van der Waals surface area contributed by atoms with Crippen LogP contribution in [0.5, 0.6) is 11.5 Å². The van der Waals surface area contributed by atoms with Crippen molar-refractivity contribution in [2.75, 3.05) is 32.6 Å². The number of nitrogens with zero attached hydrogens (tertiary/aromatic N) is 3. The second-order valence-corrected chi connectivity index (χ2v) is 10.5. The Balaban J connectivity index is 1.75. The summed E-state index contributed by atoms with van der Waals surface area (Å²) >= 11 is 1.66. The molecule has 38 heavy (non-hydrogen) atoms. The fourth-order valence-electron chi connectivity index (χ4n) is 3.91. The maximum atomic E-state index is 13.6. The van der Waals surface area contributed by atoms with Gasteiger partial charge in [0.25, 0.3) is 0 Å². The highest BCUT2D eigenvalue weighted by molar-refractivity contribution is 7.11. The lowest BCUT2D eigenvalue weighted by Gasteiger charge is -2.30. The molecule has 3 rings (SSSR count). The monoisotopic (exact) mass is 534 g/mol. The molecule has 9 heteroatoms. The van der Waals surface area contributed by atoms with Gasteiger partial charge in [0, 0.05) is 28.0 Å². The van der Waals surface area contributed by atoms with Crippen molar-refractivity contribution >= 4 is 29.0 Å². The molecule has 200 valence electrons. The number of nitrogens with one attached hydrogen (secondary N) is 1.